The highest BCUT2D eigenvalue weighted by molar-refractivity contribution is 6.32. The summed E-state index contributed by atoms with van der Waals surface area (Å²) in [6, 6.07) is 5.91. The number of hydrogen-bond acceptors (Lipinski definition) is 2. The van der Waals surface area contributed by atoms with Crippen LogP contribution < -0.4 is 10.1 Å². The summed E-state index contributed by atoms with van der Waals surface area (Å²) in [5, 5.41) is 4.13. The van der Waals surface area contributed by atoms with Crippen LogP contribution in [0.25, 0.3) is 0 Å². The lowest BCUT2D eigenvalue weighted by Gasteiger charge is -2.19. The van der Waals surface area contributed by atoms with Gasteiger partial charge in [0.25, 0.3) is 0 Å². The number of hydrogen-bond donors (Lipinski definition) is 1. The van der Waals surface area contributed by atoms with E-state index >= 15 is 0 Å². The van der Waals surface area contributed by atoms with Crippen molar-refractivity contribution in [2.75, 3.05) is 11.9 Å². The number of allylic oxidation sites excluding steroid dienone is 2. The summed E-state index contributed by atoms with van der Waals surface area (Å²) in [5.41, 5.74) is 1.07. The summed E-state index contributed by atoms with van der Waals surface area (Å²) in [4.78, 5) is 0. The molecule has 0 aromatic heterocycles. The minimum Gasteiger partial charge on any atom is -0.489 e. The molecule has 1 aliphatic carbocycles. The average molecular weight is 280 g/mol. The van der Waals surface area contributed by atoms with Crippen LogP contribution in [0, 0.1) is 5.92 Å². The molecule has 0 saturated heterocycles. The highest BCUT2D eigenvalue weighted by atomic mass is 35.5. The fourth-order valence-corrected chi connectivity index (χ4v) is 2.49. The van der Waals surface area contributed by atoms with Gasteiger partial charge in [0.1, 0.15) is 5.75 Å². The molecule has 0 bridgehead atoms. The van der Waals surface area contributed by atoms with Crippen molar-refractivity contribution in [2.45, 2.75) is 39.2 Å². The summed E-state index contributed by atoms with van der Waals surface area (Å²) < 4.78 is 5.63. The second kappa shape index (κ2) is 6.85. The molecule has 0 heterocycles. The third kappa shape index (κ3) is 4.46. The molecule has 0 aliphatic heterocycles. The maximum Gasteiger partial charge on any atom is 0.138 e. The van der Waals surface area contributed by atoms with E-state index in [9.17, 15) is 0 Å². The van der Waals surface area contributed by atoms with Crippen LogP contribution in [-0.4, -0.2) is 12.6 Å². The van der Waals surface area contributed by atoms with Gasteiger partial charge in [0, 0.05) is 12.2 Å². The molecular weight excluding hydrogens is 258 g/mol. The normalized spacial score (nSPS) is 18.6. The predicted octanol–water partition coefficient (Wildman–Crippen LogP) is 4.90. The summed E-state index contributed by atoms with van der Waals surface area (Å²) in [5.74, 6) is 1.48. The number of nitrogens with one attached hydrogen (secondary N) is 1. The van der Waals surface area contributed by atoms with E-state index in [-0.39, 0.29) is 6.10 Å². The van der Waals surface area contributed by atoms with Crippen LogP contribution in [0.15, 0.2) is 30.4 Å². The first kappa shape index (κ1) is 14.3. The first-order valence-electron chi connectivity index (χ1n) is 7.00. The molecule has 3 heteroatoms. The van der Waals surface area contributed by atoms with Crippen LogP contribution in [0.3, 0.4) is 0 Å². The second-order valence-corrected chi connectivity index (χ2v) is 5.75. The lowest BCUT2D eigenvalue weighted by atomic mass is 9.94. The minimum atomic E-state index is 0.144. The molecule has 1 atom stereocenters. The summed E-state index contributed by atoms with van der Waals surface area (Å²) in [7, 11) is 0. The maximum atomic E-state index is 6.22. The Bertz CT molecular complexity index is 442. The van der Waals surface area contributed by atoms with Crippen LogP contribution in [0.2, 0.25) is 5.02 Å². The van der Waals surface area contributed by atoms with Crippen molar-refractivity contribution in [2.24, 2.45) is 5.92 Å². The van der Waals surface area contributed by atoms with E-state index in [4.69, 9.17) is 16.3 Å². The molecule has 2 rings (SSSR count). The van der Waals surface area contributed by atoms with Crippen molar-refractivity contribution in [1.29, 1.82) is 0 Å². The number of halogens is 1. The molecule has 1 aliphatic rings. The summed E-state index contributed by atoms with van der Waals surface area (Å²) in [6.45, 7) is 5.00. The SMILES string of the molecule is CC(C)Oc1ccc(NCC2CC=CCC2)cc1Cl. The quantitative estimate of drug-likeness (QED) is 0.775. The smallest absolute Gasteiger partial charge is 0.138 e. The van der Waals surface area contributed by atoms with Crippen LogP contribution in [0.5, 0.6) is 5.75 Å². The molecule has 1 unspecified atom stereocenters. The number of anilines is 1. The lowest BCUT2D eigenvalue weighted by Crippen LogP contribution is -2.15. The Kier molecular flexibility index (Phi) is 5.15. The molecule has 0 fully saturated rings. The molecule has 0 radical (unpaired) electrons. The van der Waals surface area contributed by atoms with Gasteiger partial charge in [-0.1, -0.05) is 23.8 Å². The van der Waals surface area contributed by atoms with E-state index in [0.29, 0.717) is 5.02 Å². The van der Waals surface area contributed by atoms with Crippen LogP contribution in [0.4, 0.5) is 5.69 Å². The molecule has 0 amide bonds. The van der Waals surface area contributed by atoms with Gasteiger partial charge in [-0.05, 0) is 57.2 Å². The van der Waals surface area contributed by atoms with Gasteiger partial charge in [0.2, 0.25) is 0 Å². The van der Waals surface area contributed by atoms with E-state index in [1.165, 1.54) is 19.3 Å². The predicted molar refractivity (Wildman–Crippen MR) is 82.2 cm³/mol. The fourth-order valence-electron chi connectivity index (χ4n) is 2.26. The Labute approximate surface area is 120 Å². The van der Waals surface area contributed by atoms with Gasteiger partial charge in [0.05, 0.1) is 11.1 Å². The van der Waals surface area contributed by atoms with E-state index in [0.717, 1.165) is 23.9 Å². The Morgan fingerprint density at radius 2 is 2.21 bits per heavy atom. The second-order valence-electron chi connectivity index (χ2n) is 5.34. The van der Waals surface area contributed by atoms with E-state index < -0.39 is 0 Å². The van der Waals surface area contributed by atoms with Crippen LogP contribution >= 0.6 is 11.6 Å². The molecule has 0 saturated carbocycles. The standard InChI is InChI=1S/C16H22ClNO/c1-12(2)19-16-9-8-14(10-15(16)17)18-11-13-6-4-3-5-7-13/h3-4,8-10,12-13,18H,5-7,11H2,1-2H3. The average Bonchev–Trinajstić information content (AvgIpc) is 2.40. The van der Waals surface area contributed by atoms with Crippen molar-refractivity contribution < 1.29 is 4.74 Å². The zero-order valence-electron chi connectivity index (χ0n) is 11.7. The van der Waals surface area contributed by atoms with E-state index in [2.05, 4.69) is 17.5 Å². The maximum absolute atomic E-state index is 6.22. The minimum absolute atomic E-state index is 0.144. The third-order valence-corrected chi connectivity index (χ3v) is 3.56. The highest BCUT2D eigenvalue weighted by Crippen LogP contribution is 2.29. The molecule has 1 N–H and O–H groups in total. The van der Waals surface area contributed by atoms with E-state index in [1.54, 1.807) is 0 Å². The number of ether oxygens (including phenoxy) is 1. The fraction of sp³-hybridized carbons (Fsp3) is 0.500. The van der Waals surface area contributed by atoms with E-state index in [1.807, 2.05) is 32.0 Å². The van der Waals surface area contributed by atoms with Crippen molar-refractivity contribution in [3.05, 3.63) is 35.4 Å². The molecule has 1 aromatic carbocycles. The number of rotatable bonds is 5. The van der Waals surface area contributed by atoms with Gasteiger partial charge < -0.3 is 10.1 Å². The van der Waals surface area contributed by atoms with Crippen LogP contribution in [-0.2, 0) is 0 Å². The zero-order valence-corrected chi connectivity index (χ0v) is 12.4. The van der Waals surface area contributed by atoms with Crippen molar-refractivity contribution >= 4 is 17.3 Å². The Morgan fingerprint density at radius 3 is 2.84 bits per heavy atom. The largest absolute Gasteiger partial charge is 0.489 e. The topological polar surface area (TPSA) is 21.3 Å². The van der Waals surface area contributed by atoms with Crippen molar-refractivity contribution in [3.63, 3.8) is 0 Å². The van der Waals surface area contributed by atoms with Gasteiger partial charge in [-0.25, -0.2) is 0 Å². The molecular formula is C16H22ClNO. The van der Waals surface area contributed by atoms with Crippen LogP contribution in [0.1, 0.15) is 33.1 Å². The summed E-state index contributed by atoms with van der Waals surface area (Å²) >= 11 is 6.22. The molecule has 104 valence electrons. The first-order chi connectivity index (χ1) is 9.15. The molecule has 1 aromatic rings. The van der Waals surface area contributed by atoms with Gasteiger partial charge in [-0.2, -0.15) is 0 Å². The third-order valence-electron chi connectivity index (χ3n) is 3.27. The number of benzene rings is 1. The summed E-state index contributed by atoms with van der Waals surface area (Å²) in [6.07, 6.45) is 8.34. The molecule has 2 nitrogen and oxygen atoms in total. The highest BCUT2D eigenvalue weighted by Gasteiger charge is 2.10. The van der Waals surface area contributed by atoms with Gasteiger partial charge in [-0.15, -0.1) is 0 Å². The monoisotopic (exact) mass is 279 g/mol. The van der Waals surface area contributed by atoms with Crippen molar-refractivity contribution in [3.8, 4) is 5.75 Å². The Morgan fingerprint density at radius 1 is 1.37 bits per heavy atom. The van der Waals surface area contributed by atoms with Gasteiger partial charge in [0.15, 0.2) is 0 Å². The Balaban J connectivity index is 1.90. The van der Waals surface area contributed by atoms with Gasteiger partial charge in [-0.3, -0.25) is 0 Å². The van der Waals surface area contributed by atoms with Gasteiger partial charge >= 0.3 is 0 Å². The van der Waals surface area contributed by atoms with Crippen molar-refractivity contribution in [1.82, 2.24) is 0 Å². The lowest BCUT2D eigenvalue weighted by molar-refractivity contribution is 0.242. The molecule has 19 heavy (non-hydrogen) atoms. The first-order valence-corrected chi connectivity index (χ1v) is 7.38. The zero-order chi connectivity index (χ0) is 13.7. The molecule has 0 spiro atoms. The Hall–Kier alpha value is -1.15.